The third-order valence-corrected chi connectivity index (χ3v) is 6.12. The summed E-state index contributed by atoms with van der Waals surface area (Å²) in [7, 11) is 0. The second-order valence-electron chi connectivity index (χ2n) is 8.00. The molecule has 1 saturated carbocycles. The van der Waals surface area contributed by atoms with Crippen molar-refractivity contribution < 1.29 is 23.9 Å². The van der Waals surface area contributed by atoms with Crippen molar-refractivity contribution in [2.75, 3.05) is 25.1 Å². The summed E-state index contributed by atoms with van der Waals surface area (Å²) in [6.45, 7) is 8.27. The number of ether oxygens (including phenoxy) is 2. The summed E-state index contributed by atoms with van der Waals surface area (Å²) in [5, 5.41) is 5.67. The fourth-order valence-electron chi connectivity index (χ4n) is 4.57. The Bertz CT molecular complexity index is 815. The third-order valence-electron chi connectivity index (χ3n) is 6.12. The van der Waals surface area contributed by atoms with Gasteiger partial charge in [-0.25, -0.2) is 4.79 Å². The Kier molecular flexibility index (Phi) is 6.53. The van der Waals surface area contributed by atoms with Crippen molar-refractivity contribution in [3.8, 4) is 11.5 Å². The first-order valence-corrected chi connectivity index (χ1v) is 10.7. The Morgan fingerprint density at radius 3 is 2.47 bits per heavy atom. The normalized spacial score (nSPS) is 22.7. The predicted molar refractivity (Wildman–Crippen MR) is 113 cm³/mol. The van der Waals surface area contributed by atoms with Crippen LogP contribution in [-0.2, 0) is 9.59 Å². The second-order valence-corrected chi connectivity index (χ2v) is 8.00. The zero-order valence-corrected chi connectivity index (χ0v) is 18.1. The first-order chi connectivity index (χ1) is 14.3. The first kappa shape index (κ1) is 21.9. The van der Waals surface area contributed by atoms with Crippen LogP contribution < -0.4 is 20.1 Å². The number of nitrogens with zero attached hydrogens (tertiary/aromatic N) is 1. The predicted octanol–water partition coefficient (Wildman–Crippen LogP) is 3.17. The summed E-state index contributed by atoms with van der Waals surface area (Å²) in [5.74, 6) is 0.362. The fraction of sp³-hybridized carbons (Fsp3) is 0.591. The number of benzene rings is 1. The minimum absolute atomic E-state index is 0.0261. The van der Waals surface area contributed by atoms with Gasteiger partial charge in [-0.3, -0.25) is 14.5 Å². The van der Waals surface area contributed by atoms with Gasteiger partial charge >= 0.3 is 6.03 Å². The molecule has 4 amide bonds. The molecule has 1 heterocycles. The van der Waals surface area contributed by atoms with E-state index in [2.05, 4.69) is 10.6 Å². The lowest BCUT2D eigenvalue weighted by Crippen LogP contribution is -2.59. The van der Waals surface area contributed by atoms with E-state index in [9.17, 15) is 14.4 Å². The minimum Gasteiger partial charge on any atom is -0.494 e. The SMILES string of the molecule is CCOc1ccc(OCC)c(NC(=O)CN2C(=O)NC3(C2=O)[C@@H](C)CCC[C@@H]3C)c1. The fourth-order valence-corrected chi connectivity index (χ4v) is 4.57. The van der Waals surface area contributed by atoms with Gasteiger partial charge in [0.1, 0.15) is 23.6 Å². The number of anilines is 1. The number of carbonyl (C=O) groups excluding carboxylic acids is 3. The van der Waals surface area contributed by atoms with Crippen LogP contribution in [-0.4, -0.2) is 48.0 Å². The van der Waals surface area contributed by atoms with Crippen LogP contribution in [0.15, 0.2) is 18.2 Å². The largest absolute Gasteiger partial charge is 0.494 e. The van der Waals surface area contributed by atoms with Crippen LogP contribution in [0.3, 0.4) is 0 Å². The van der Waals surface area contributed by atoms with E-state index >= 15 is 0 Å². The average Bonchev–Trinajstić information content (AvgIpc) is 2.94. The van der Waals surface area contributed by atoms with Crippen molar-refractivity contribution in [3.63, 3.8) is 0 Å². The summed E-state index contributed by atoms with van der Waals surface area (Å²) in [5.41, 5.74) is -0.477. The zero-order chi connectivity index (χ0) is 21.9. The number of nitrogens with one attached hydrogen (secondary N) is 2. The lowest BCUT2D eigenvalue weighted by atomic mass is 9.67. The molecule has 2 atom stereocenters. The van der Waals surface area contributed by atoms with Crippen LogP contribution in [0.4, 0.5) is 10.5 Å². The monoisotopic (exact) mass is 417 g/mol. The molecular weight excluding hydrogens is 386 g/mol. The number of imide groups is 1. The van der Waals surface area contributed by atoms with Gasteiger partial charge in [-0.1, -0.05) is 20.3 Å². The molecule has 1 spiro atoms. The molecular formula is C22H31N3O5. The molecule has 2 N–H and O–H groups in total. The molecule has 164 valence electrons. The van der Waals surface area contributed by atoms with Gasteiger partial charge in [0.15, 0.2) is 0 Å². The van der Waals surface area contributed by atoms with Gasteiger partial charge < -0.3 is 20.1 Å². The number of rotatable bonds is 7. The summed E-state index contributed by atoms with van der Waals surface area (Å²) in [6, 6.07) is 4.64. The number of carbonyl (C=O) groups is 3. The maximum Gasteiger partial charge on any atom is 0.325 e. The minimum atomic E-state index is -0.916. The van der Waals surface area contributed by atoms with E-state index in [1.165, 1.54) is 0 Å². The van der Waals surface area contributed by atoms with Gasteiger partial charge in [0.2, 0.25) is 5.91 Å². The van der Waals surface area contributed by atoms with Crippen LogP contribution in [0.25, 0.3) is 0 Å². The molecule has 8 heteroatoms. The van der Waals surface area contributed by atoms with Crippen molar-refractivity contribution in [3.05, 3.63) is 18.2 Å². The quantitative estimate of drug-likeness (QED) is 0.664. The maximum absolute atomic E-state index is 13.2. The number of hydrogen-bond donors (Lipinski definition) is 2. The summed E-state index contributed by atoms with van der Waals surface area (Å²) in [6.07, 6.45) is 2.78. The molecule has 1 aromatic carbocycles. The Balaban J connectivity index is 1.76. The van der Waals surface area contributed by atoms with Crippen molar-refractivity contribution in [2.24, 2.45) is 11.8 Å². The van der Waals surface area contributed by atoms with Crippen LogP contribution in [0.1, 0.15) is 47.0 Å². The highest BCUT2D eigenvalue weighted by molar-refractivity contribution is 6.10. The van der Waals surface area contributed by atoms with Crippen molar-refractivity contribution in [1.82, 2.24) is 10.2 Å². The molecule has 8 nitrogen and oxygen atoms in total. The van der Waals surface area contributed by atoms with E-state index in [1.807, 2.05) is 27.7 Å². The Labute approximate surface area is 177 Å². The smallest absolute Gasteiger partial charge is 0.325 e. The number of hydrogen-bond acceptors (Lipinski definition) is 5. The molecule has 0 unspecified atom stereocenters. The highest BCUT2D eigenvalue weighted by atomic mass is 16.5. The van der Waals surface area contributed by atoms with Crippen molar-refractivity contribution in [2.45, 2.75) is 52.5 Å². The lowest BCUT2D eigenvalue weighted by molar-refractivity contribution is -0.138. The highest BCUT2D eigenvalue weighted by Gasteiger charge is 2.58. The van der Waals surface area contributed by atoms with Crippen LogP contribution >= 0.6 is 0 Å². The Hall–Kier alpha value is -2.77. The van der Waals surface area contributed by atoms with Crippen LogP contribution in [0, 0.1) is 11.8 Å². The molecule has 30 heavy (non-hydrogen) atoms. The van der Waals surface area contributed by atoms with Gasteiger partial charge in [0.05, 0.1) is 18.9 Å². The van der Waals surface area contributed by atoms with E-state index in [0.717, 1.165) is 24.2 Å². The molecule has 0 radical (unpaired) electrons. The van der Waals surface area contributed by atoms with E-state index in [-0.39, 0.29) is 24.3 Å². The second kappa shape index (κ2) is 8.93. The van der Waals surface area contributed by atoms with Gasteiger partial charge in [-0.2, -0.15) is 0 Å². The lowest BCUT2D eigenvalue weighted by Gasteiger charge is -2.42. The van der Waals surface area contributed by atoms with Crippen LogP contribution in [0.2, 0.25) is 0 Å². The molecule has 1 aromatic rings. The Morgan fingerprint density at radius 1 is 1.17 bits per heavy atom. The van der Waals surface area contributed by atoms with Crippen molar-refractivity contribution >= 4 is 23.5 Å². The summed E-state index contributed by atoms with van der Waals surface area (Å²) < 4.78 is 11.1. The average molecular weight is 418 g/mol. The van der Waals surface area contributed by atoms with E-state index in [4.69, 9.17) is 9.47 Å². The highest BCUT2D eigenvalue weighted by Crippen LogP contribution is 2.42. The topological polar surface area (TPSA) is 97.0 Å². The molecule has 1 aliphatic heterocycles. The van der Waals surface area contributed by atoms with E-state index in [0.29, 0.717) is 30.4 Å². The Morgan fingerprint density at radius 2 is 1.83 bits per heavy atom. The molecule has 2 aliphatic rings. The number of amides is 4. The van der Waals surface area contributed by atoms with Gasteiger partial charge in [0.25, 0.3) is 5.91 Å². The molecule has 2 fully saturated rings. The van der Waals surface area contributed by atoms with E-state index in [1.54, 1.807) is 18.2 Å². The third kappa shape index (κ3) is 3.95. The van der Waals surface area contributed by atoms with Crippen LogP contribution in [0.5, 0.6) is 11.5 Å². The zero-order valence-electron chi connectivity index (χ0n) is 18.1. The first-order valence-electron chi connectivity index (χ1n) is 10.7. The maximum atomic E-state index is 13.2. The van der Waals surface area contributed by atoms with Gasteiger partial charge in [-0.05, 0) is 50.7 Å². The molecule has 3 rings (SSSR count). The van der Waals surface area contributed by atoms with Gasteiger partial charge in [-0.15, -0.1) is 0 Å². The molecule has 0 aromatic heterocycles. The van der Waals surface area contributed by atoms with Crippen molar-refractivity contribution in [1.29, 1.82) is 0 Å². The molecule has 1 saturated heterocycles. The van der Waals surface area contributed by atoms with E-state index < -0.39 is 17.5 Å². The summed E-state index contributed by atoms with van der Waals surface area (Å²) >= 11 is 0. The standard InChI is InChI=1S/C22H31N3O5/c1-5-29-16-10-11-18(30-6-2)17(12-16)23-19(26)13-25-20(27)22(24-21(25)28)14(3)8-7-9-15(22)4/h10-12,14-15H,5-9,13H2,1-4H3,(H,23,26)(H,24,28)/t14-,15-/m0/s1. The molecule has 1 aliphatic carbocycles. The molecule has 0 bridgehead atoms. The summed E-state index contributed by atoms with van der Waals surface area (Å²) in [4.78, 5) is 39.6. The number of urea groups is 1. The van der Waals surface area contributed by atoms with Gasteiger partial charge in [0, 0.05) is 6.07 Å².